The number of rotatable bonds is 6. The molecule has 0 radical (unpaired) electrons. The lowest BCUT2D eigenvalue weighted by Gasteiger charge is -2.24. The minimum Gasteiger partial charge on any atom is -0.481 e. The van der Waals surface area contributed by atoms with Crippen LogP contribution in [0.5, 0.6) is 0 Å². The lowest BCUT2D eigenvalue weighted by molar-refractivity contribution is -0.136. The van der Waals surface area contributed by atoms with E-state index < -0.39 is 12.1 Å². The van der Waals surface area contributed by atoms with Crippen LogP contribution in [0.25, 0.3) is 0 Å². The molecule has 0 aliphatic rings. The third kappa shape index (κ3) is 3.71. The molecule has 1 amide bonds. The number of carbonyl (C=O) groups excluding carboxylic acids is 1. The fourth-order valence-corrected chi connectivity index (χ4v) is 2.02. The molecule has 0 unspecified atom stereocenters. The second-order valence-corrected chi connectivity index (χ2v) is 4.13. The lowest BCUT2D eigenvalue weighted by atomic mass is 10.0. The van der Waals surface area contributed by atoms with Gasteiger partial charge in [-0.1, -0.05) is 12.1 Å². The molecule has 0 spiro atoms. The molecule has 0 heterocycles. The van der Waals surface area contributed by atoms with Gasteiger partial charge in [-0.05, 0) is 31.0 Å². The molecule has 3 N–H and O–H groups in total. The molecule has 0 aliphatic heterocycles. The average Bonchev–Trinajstić information content (AvgIpc) is 2.41. The molecule has 1 rings (SSSR count). The maximum Gasteiger partial charge on any atom is 0.414 e. The number of carbonyl (C=O) groups is 2. The SMILES string of the molecule is CCOC(=O)N(CC)c1cccc(CN)c1CC(=O)O. The van der Waals surface area contributed by atoms with E-state index in [0.717, 1.165) is 0 Å². The number of carboxylic acids is 1. The maximum atomic E-state index is 11.9. The first-order chi connectivity index (χ1) is 9.54. The number of nitrogens with zero attached hydrogens (tertiary/aromatic N) is 1. The Balaban J connectivity index is 3.26. The molecular weight excluding hydrogens is 260 g/mol. The van der Waals surface area contributed by atoms with Crippen LogP contribution in [0.2, 0.25) is 0 Å². The Hall–Kier alpha value is -2.08. The normalized spacial score (nSPS) is 10.2. The Bertz CT molecular complexity index is 488. The van der Waals surface area contributed by atoms with E-state index in [1.807, 2.05) is 0 Å². The topological polar surface area (TPSA) is 92.9 Å². The fourth-order valence-electron chi connectivity index (χ4n) is 2.02. The lowest BCUT2D eigenvalue weighted by Crippen LogP contribution is -2.32. The number of benzene rings is 1. The molecule has 1 aromatic carbocycles. The standard InChI is InChI=1S/C14H20N2O4/c1-3-16(14(19)20-4-2)12-7-5-6-10(9-15)11(12)8-13(17)18/h5-7H,3-4,8-9,15H2,1-2H3,(H,17,18). The number of nitrogens with two attached hydrogens (primary N) is 1. The Morgan fingerprint density at radius 2 is 2.05 bits per heavy atom. The van der Waals surface area contributed by atoms with Crippen LogP contribution in [0, 0.1) is 0 Å². The average molecular weight is 280 g/mol. The second-order valence-electron chi connectivity index (χ2n) is 4.13. The summed E-state index contributed by atoms with van der Waals surface area (Å²) < 4.78 is 4.99. The van der Waals surface area contributed by atoms with Gasteiger partial charge in [0, 0.05) is 13.1 Å². The third-order valence-corrected chi connectivity index (χ3v) is 2.89. The largest absolute Gasteiger partial charge is 0.481 e. The first-order valence-corrected chi connectivity index (χ1v) is 6.52. The molecular formula is C14H20N2O4. The minimum absolute atomic E-state index is 0.182. The van der Waals surface area contributed by atoms with Crippen molar-refractivity contribution in [3.05, 3.63) is 29.3 Å². The fraction of sp³-hybridized carbons (Fsp3) is 0.429. The minimum atomic E-state index is -0.966. The Morgan fingerprint density at radius 3 is 2.55 bits per heavy atom. The van der Waals surface area contributed by atoms with Crippen LogP contribution in [-0.4, -0.2) is 30.3 Å². The van der Waals surface area contributed by atoms with Gasteiger partial charge in [0.2, 0.25) is 0 Å². The summed E-state index contributed by atoms with van der Waals surface area (Å²) in [6.45, 7) is 4.40. The van der Waals surface area contributed by atoms with E-state index in [1.165, 1.54) is 4.90 Å². The zero-order valence-corrected chi connectivity index (χ0v) is 11.8. The van der Waals surface area contributed by atoms with Gasteiger partial charge in [-0.25, -0.2) is 4.79 Å². The van der Waals surface area contributed by atoms with Gasteiger partial charge in [0.05, 0.1) is 18.7 Å². The molecule has 0 atom stereocenters. The van der Waals surface area contributed by atoms with E-state index in [0.29, 0.717) is 23.4 Å². The van der Waals surface area contributed by atoms with E-state index in [-0.39, 0.29) is 19.6 Å². The van der Waals surface area contributed by atoms with Crippen molar-refractivity contribution >= 4 is 17.7 Å². The van der Waals surface area contributed by atoms with Crippen LogP contribution in [0.4, 0.5) is 10.5 Å². The molecule has 0 aromatic heterocycles. The monoisotopic (exact) mass is 280 g/mol. The molecule has 110 valence electrons. The van der Waals surface area contributed by atoms with Gasteiger partial charge < -0.3 is 15.6 Å². The molecule has 6 nitrogen and oxygen atoms in total. The highest BCUT2D eigenvalue weighted by Crippen LogP contribution is 2.25. The van der Waals surface area contributed by atoms with Crippen LogP contribution in [-0.2, 0) is 22.5 Å². The summed E-state index contributed by atoms with van der Waals surface area (Å²) in [6.07, 6.45) is -0.672. The zero-order valence-electron chi connectivity index (χ0n) is 11.8. The highest BCUT2D eigenvalue weighted by Gasteiger charge is 2.21. The number of anilines is 1. The molecule has 0 aliphatic carbocycles. The summed E-state index contributed by atoms with van der Waals surface area (Å²) in [7, 11) is 0. The quantitative estimate of drug-likeness (QED) is 0.828. The molecule has 6 heteroatoms. The summed E-state index contributed by atoms with van der Waals surface area (Å²) in [5.74, 6) is -0.966. The second kappa shape index (κ2) is 7.49. The Morgan fingerprint density at radius 1 is 1.35 bits per heavy atom. The van der Waals surface area contributed by atoms with Crippen LogP contribution < -0.4 is 10.6 Å². The molecule has 0 bridgehead atoms. The first-order valence-electron chi connectivity index (χ1n) is 6.52. The zero-order chi connectivity index (χ0) is 15.1. The number of aliphatic carboxylic acids is 1. The molecule has 1 aromatic rings. The van der Waals surface area contributed by atoms with E-state index in [9.17, 15) is 9.59 Å². The first kappa shape index (κ1) is 16.0. The smallest absolute Gasteiger partial charge is 0.414 e. The summed E-state index contributed by atoms with van der Waals surface area (Å²) in [6, 6.07) is 5.23. The van der Waals surface area contributed by atoms with Gasteiger partial charge in [0.15, 0.2) is 0 Å². The van der Waals surface area contributed by atoms with E-state index in [1.54, 1.807) is 32.0 Å². The predicted octanol–water partition coefficient (Wildman–Crippen LogP) is 1.76. The van der Waals surface area contributed by atoms with Crippen molar-refractivity contribution < 1.29 is 19.4 Å². The number of ether oxygens (including phenoxy) is 1. The summed E-state index contributed by atoms with van der Waals surface area (Å²) in [5, 5.41) is 9.03. The van der Waals surface area contributed by atoms with Gasteiger partial charge in [-0.15, -0.1) is 0 Å². The van der Waals surface area contributed by atoms with Gasteiger partial charge in [-0.2, -0.15) is 0 Å². The predicted molar refractivity (Wildman–Crippen MR) is 75.7 cm³/mol. The van der Waals surface area contributed by atoms with Crippen molar-refractivity contribution in [1.82, 2.24) is 0 Å². The van der Waals surface area contributed by atoms with Crippen LogP contribution in [0.1, 0.15) is 25.0 Å². The van der Waals surface area contributed by atoms with Gasteiger partial charge in [0.25, 0.3) is 0 Å². The van der Waals surface area contributed by atoms with Crippen molar-refractivity contribution in [3.63, 3.8) is 0 Å². The van der Waals surface area contributed by atoms with Crippen molar-refractivity contribution in [1.29, 1.82) is 0 Å². The maximum absolute atomic E-state index is 11.9. The molecule has 0 fully saturated rings. The summed E-state index contributed by atoms with van der Waals surface area (Å²) in [4.78, 5) is 24.4. The van der Waals surface area contributed by atoms with Crippen molar-refractivity contribution in [2.75, 3.05) is 18.1 Å². The number of hydrogen-bond donors (Lipinski definition) is 2. The number of carboxylic acid groups (broad SMARTS) is 1. The number of amides is 1. The van der Waals surface area contributed by atoms with Crippen LogP contribution in [0.15, 0.2) is 18.2 Å². The molecule has 20 heavy (non-hydrogen) atoms. The van der Waals surface area contributed by atoms with Gasteiger partial charge in [0.1, 0.15) is 0 Å². The highest BCUT2D eigenvalue weighted by atomic mass is 16.6. The van der Waals surface area contributed by atoms with Gasteiger partial charge in [-0.3, -0.25) is 9.69 Å². The Labute approximate surface area is 118 Å². The van der Waals surface area contributed by atoms with E-state index in [4.69, 9.17) is 15.6 Å². The Kier molecular flexibility index (Phi) is 5.99. The molecule has 0 saturated heterocycles. The van der Waals surface area contributed by atoms with Crippen molar-refractivity contribution in [2.24, 2.45) is 5.73 Å². The van der Waals surface area contributed by atoms with Crippen LogP contribution in [0.3, 0.4) is 0 Å². The summed E-state index contributed by atoms with van der Waals surface area (Å²) in [5.41, 5.74) is 7.45. The summed E-state index contributed by atoms with van der Waals surface area (Å²) >= 11 is 0. The highest BCUT2D eigenvalue weighted by molar-refractivity contribution is 5.90. The third-order valence-electron chi connectivity index (χ3n) is 2.89. The van der Waals surface area contributed by atoms with Crippen LogP contribution >= 0.6 is 0 Å². The van der Waals surface area contributed by atoms with E-state index in [2.05, 4.69) is 0 Å². The van der Waals surface area contributed by atoms with E-state index >= 15 is 0 Å². The number of hydrogen-bond acceptors (Lipinski definition) is 4. The molecule has 0 saturated carbocycles. The van der Waals surface area contributed by atoms with Crippen molar-refractivity contribution in [3.8, 4) is 0 Å². The van der Waals surface area contributed by atoms with Crippen molar-refractivity contribution in [2.45, 2.75) is 26.8 Å². The van der Waals surface area contributed by atoms with Gasteiger partial charge >= 0.3 is 12.1 Å².